The molecule has 86 valence electrons. The number of benzene rings is 1. The maximum absolute atomic E-state index is 10.8. The van der Waals surface area contributed by atoms with Gasteiger partial charge >= 0.3 is 5.97 Å². The third-order valence-corrected chi connectivity index (χ3v) is 3.91. The standard InChI is InChI=1S/C11H13NO3S/c13-8-1-3-9(4-2-8)16-11(5-10(14)15)6-12-7-11/h1-4,12-13H,5-7H2,(H,14,15). The monoisotopic (exact) mass is 239 g/mol. The fourth-order valence-electron chi connectivity index (χ4n) is 1.68. The van der Waals surface area contributed by atoms with E-state index in [0.29, 0.717) is 13.1 Å². The molecule has 1 fully saturated rings. The maximum Gasteiger partial charge on any atom is 0.304 e. The van der Waals surface area contributed by atoms with Gasteiger partial charge in [-0.3, -0.25) is 4.79 Å². The zero-order valence-electron chi connectivity index (χ0n) is 8.64. The van der Waals surface area contributed by atoms with Crippen molar-refractivity contribution in [3.05, 3.63) is 24.3 Å². The van der Waals surface area contributed by atoms with Crippen molar-refractivity contribution >= 4 is 17.7 Å². The molecule has 0 spiro atoms. The van der Waals surface area contributed by atoms with Crippen LogP contribution < -0.4 is 5.32 Å². The number of hydrogen-bond acceptors (Lipinski definition) is 4. The Morgan fingerprint density at radius 2 is 2.00 bits per heavy atom. The SMILES string of the molecule is O=C(O)CC1(Sc2ccc(O)cc2)CNC1. The number of carbonyl (C=O) groups is 1. The number of carboxylic acids is 1. The summed E-state index contributed by atoms with van der Waals surface area (Å²) >= 11 is 1.56. The van der Waals surface area contributed by atoms with E-state index in [1.165, 1.54) is 0 Å². The van der Waals surface area contributed by atoms with Gasteiger partial charge in [-0.05, 0) is 24.3 Å². The predicted molar refractivity (Wildman–Crippen MR) is 61.8 cm³/mol. The molecular weight excluding hydrogens is 226 g/mol. The normalized spacial score (nSPS) is 17.8. The molecule has 0 aromatic heterocycles. The van der Waals surface area contributed by atoms with Crippen molar-refractivity contribution in [1.29, 1.82) is 0 Å². The van der Waals surface area contributed by atoms with Crippen LogP contribution in [-0.4, -0.2) is 34.0 Å². The average Bonchev–Trinajstić information content (AvgIpc) is 2.17. The van der Waals surface area contributed by atoms with Gasteiger partial charge in [-0.25, -0.2) is 0 Å². The number of aliphatic carboxylic acids is 1. The summed E-state index contributed by atoms with van der Waals surface area (Å²) in [6, 6.07) is 6.84. The van der Waals surface area contributed by atoms with Gasteiger partial charge < -0.3 is 15.5 Å². The molecule has 1 aromatic carbocycles. The largest absolute Gasteiger partial charge is 0.508 e. The number of thioether (sulfide) groups is 1. The van der Waals surface area contributed by atoms with Crippen molar-refractivity contribution in [2.75, 3.05) is 13.1 Å². The summed E-state index contributed by atoms with van der Waals surface area (Å²) in [5.74, 6) is -0.545. The molecule has 0 radical (unpaired) electrons. The van der Waals surface area contributed by atoms with Crippen molar-refractivity contribution in [1.82, 2.24) is 5.32 Å². The first-order valence-corrected chi connectivity index (χ1v) is 5.82. The summed E-state index contributed by atoms with van der Waals surface area (Å²) in [5.41, 5.74) is 0. The molecule has 1 aliphatic rings. The summed E-state index contributed by atoms with van der Waals surface area (Å²) in [4.78, 5) is 11.8. The minimum atomic E-state index is -0.771. The smallest absolute Gasteiger partial charge is 0.304 e. The molecule has 0 amide bonds. The van der Waals surface area contributed by atoms with E-state index >= 15 is 0 Å². The lowest BCUT2D eigenvalue weighted by Crippen LogP contribution is -2.57. The Morgan fingerprint density at radius 3 is 2.44 bits per heavy atom. The van der Waals surface area contributed by atoms with Crippen LogP contribution in [0.15, 0.2) is 29.2 Å². The number of phenols is 1. The summed E-state index contributed by atoms with van der Waals surface area (Å²) in [6.45, 7) is 1.43. The first-order chi connectivity index (χ1) is 7.60. The van der Waals surface area contributed by atoms with Crippen molar-refractivity contribution in [2.24, 2.45) is 0 Å². The molecule has 0 atom stereocenters. The number of nitrogens with one attached hydrogen (secondary N) is 1. The number of aromatic hydroxyl groups is 1. The molecule has 0 aliphatic carbocycles. The predicted octanol–water partition coefficient (Wildman–Crippen LogP) is 1.30. The van der Waals surface area contributed by atoms with E-state index in [1.807, 2.05) is 12.1 Å². The molecule has 2 rings (SSSR count). The molecule has 1 saturated heterocycles. The summed E-state index contributed by atoms with van der Waals surface area (Å²) in [7, 11) is 0. The lowest BCUT2D eigenvalue weighted by molar-refractivity contribution is -0.138. The molecule has 5 heteroatoms. The van der Waals surface area contributed by atoms with E-state index in [2.05, 4.69) is 5.32 Å². The highest BCUT2D eigenvalue weighted by atomic mass is 32.2. The molecule has 16 heavy (non-hydrogen) atoms. The first kappa shape index (κ1) is 11.3. The van der Waals surface area contributed by atoms with Crippen LogP contribution in [0.5, 0.6) is 5.75 Å². The first-order valence-electron chi connectivity index (χ1n) is 5.00. The number of rotatable bonds is 4. The molecule has 1 aromatic rings. The van der Waals surface area contributed by atoms with Gasteiger partial charge in [0.1, 0.15) is 5.75 Å². The van der Waals surface area contributed by atoms with E-state index in [0.717, 1.165) is 4.90 Å². The highest BCUT2D eigenvalue weighted by molar-refractivity contribution is 8.00. The molecule has 1 aliphatic heterocycles. The molecular formula is C11H13NO3S. The summed E-state index contributed by atoms with van der Waals surface area (Å²) in [5, 5.41) is 21.1. The van der Waals surface area contributed by atoms with E-state index < -0.39 is 5.97 Å². The topological polar surface area (TPSA) is 69.6 Å². The lowest BCUT2D eigenvalue weighted by Gasteiger charge is -2.40. The Hall–Kier alpha value is -1.20. The van der Waals surface area contributed by atoms with Crippen LogP contribution in [0.4, 0.5) is 0 Å². The van der Waals surface area contributed by atoms with Crippen LogP contribution in [0.25, 0.3) is 0 Å². The van der Waals surface area contributed by atoms with Gasteiger partial charge in [0, 0.05) is 18.0 Å². The minimum Gasteiger partial charge on any atom is -0.508 e. The van der Waals surface area contributed by atoms with Gasteiger partial charge in [-0.2, -0.15) is 0 Å². The fourth-order valence-corrected chi connectivity index (χ4v) is 2.99. The third-order valence-electron chi connectivity index (χ3n) is 2.54. The van der Waals surface area contributed by atoms with Crippen LogP contribution in [0.1, 0.15) is 6.42 Å². The van der Waals surface area contributed by atoms with Gasteiger partial charge in [0.25, 0.3) is 0 Å². The second-order valence-electron chi connectivity index (χ2n) is 3.95. The Balaban J connectivity index is 2.06. The summed E-state index contributed by atoms with van der Waals surface area (Å²) < 4.78 is -0.233. The van der Waals surface area contributed by atoms with Gasteiger partial charge in [-0.1, -0.05) is 0 Å². The highest BCUT2D eigenvalue weighted by Crippen LogP contribution is 2.39. The van der Waals surface area contributed by atoms with E-state index in [-0.39, 0.29) is 16.9 Å². The fraction of sp³-hybridized carbons (Fsp3) is 0.364. The second-order valence-corrected chi connectivity index (χ2v) is 5.49. The van der Waals surface area contributed by atoms with Crippen LogP contribution in [0.3, 0.4) is 0 Å². The van der Waals surface area contributed by atoms with Crippen LogP contribution in [-0.2, 0) is 4.79 Å². The Morgan fingerprint density at radius 1 is 1.38 bits per heavy atom. The molecule has 4 nitrogen and oxygen atoms in total. The third kappa shape index (κ3) is 2.48. The molecule has 0 unspecified atom stereocenters. The maximum atomic E-state index is 10.8. The van der Waals surface area contributed by atoms with Crippen molar-refractivity contribution in [3.63, 3.8) is 0 Å². The highest BCUT2D eigenvalue weighted by Gasteiger charge is 2.40. The zero-order valence-corrected chi connectivity index (χ0v) is 9.46. The van der Waals surface area contributed by atoms with Gasteiger partial charge in [0.2, 0.25) is 0 Å². The Kier molecular flexibility index (Phi) is 3.07. The number of carboxylic acid groups (broad SMARTS) is 1. The van der Waals surface area contributed by atoms with Crippen LogP contribution in [0, 0.1) is 0 Å². The van der Waals surface area contributed by atoms with Crippen LogP contribution in [0.2, 0.25) is 0 Å². The van der Waals surface area contributed by atoms with Gasteiger partial charge in [0.15, 0.2) is 0 Å². The second kappa shape index (κ2) is 4.35. The van der Waals surface area contributed by atoms with Crippen LogP contribution >= 0.6 is 11.8 Å². The van der Waals surface area contributed by atoms with Gasteiger partial charge in [-0.15, -0.1) is 11.8 Å². The quantitative estimate of drug-likeness (QED) is 0.739. The average molecular weight is 239 g/mol. The van der Waals surface area contributed by atoms with Crippen molar-refractivity contribution < 1.29 is 15.0 Å². The Labute approximate surface area is 97.7 Å². The van der Waals surface area contributed by atoms with E-state index in [4.69, 9.17) is 10.2 Å². The summed E-state index contributed by atoms with van der Waals surface area (Å²) in [6.07, 6.45) is 0.158. The lowest BCUT2D eigenvalue weighted by atomic mass is 9.98. The number of hydrogen-bond donors (Lipinski definition) is 3. The van der Waals surface area contributed by atoms with E-state index in [9.17, 15) is 4.79 Å². The molecule has 0 saturated carbocycles. The molecule has 0 bridgehead atoms. The van der Waals surface area contributed by atoms with E-state index in [1.54, 1.807) is 23.9 Å². The van der Waals surface area contributed by atoms with Crippen molar-refractivity contribution in [3.8, 4) is 5.75 Å². The zero-order chi connectivity index (χ0) is 11.6. The van der Waals surface area contributed by atoms with Gasteiger partial charge in [0.05, 0.1) is 11.2 Å². The minimum absolute atomic E-state index is 0.158. The molecule has 1 heterocycles. The number of phenolic OH excluding ortho intramolecular Hbond substituents is 1. The van der Waals surface area contributed by atoms with Crippen molar-refractivity contribution in [2.45, 2.75) is 16.1 Å². The molecule has 3 N–H and O–H groups in total. The Bertz CT molecular complexity index is 387.